The molecule has 0 atom stereocenters. The standard InChI is InChI=1S/C24H22N4O2S/c25-23(29)21-15-31-24(27-21)19-6-2-4-17-7-8-20(26-22(17)19)18-5-1-3-16(13-18)14-28-9-11-30-12-10-28/h1-8,13,15H,9-12,14H2,(H2,25,29). The fraction of sp³-hybridized carbons (Fsp3) is 0.208. The highest BCUT2D eigenvalue weighted by molar-refractivity contribution is 7.13. The number of carbonyl (C=O) groups excluding carboxylic acids is 1. The van der Waals surface area contributed by atoms with Gasteiger partial charge >= 0.3 is 0 Å². The average molecular weight is 431 g/mol. The summed E-state index contributed by atoms with van der Waals surface area (Å²) in [5, 5.41) is 3.46. The van der Waals surface area contributed by atoms with Gasteiger partial charge in [-0.25, -0.2) is 9.97 Å². The molecule has 1 amide bonds. The Hall–Kier alpha value is -3.13. The van der Waals surface area contributed by atoms with Crippen LogP contribution >= 0.6 is 11.3 Å². The molecule has 1 aliphatic heterocycles. The van der Waals surface area contributed by atoms with Crippen LogP contribution in [-0.4, -0.2) is 47.1 Å². The van der Waals surface area contributed by atoms with E-state index in [-0.39, 0.29) is 5.69 Å². The van der Waals surface area contributed by atoms with Gasteiger partial charge in [0.25, 0.3) is 5.91 Å². The van der Waals surface area contributed by atoms with Crippen LogP contribution in [0.4, 0.5) is 0 Å². The van der Waals surface area contributed by atoms with E-state index in [2.05, 4.69) is 46.3 Å². The number of nitrogens with two attached hydrogens (primary N) is 1. The molecule has 1 saturated heterocycles. The number of para-hydroxylation sites is 1. The third-order valence-electron chi connectivity index (χ3n) is 5.44. The number of amides is 1. The summed E-state index contributed by atoms with van der Waals surface area (Å²) in [6, 6.07) is 18.7. The van der Waals surface area contributed by atoms with E-state index in [0.29, 0.717) is 0 Å². The maximum atomic E-state index is 11.5. The van der Waals surface area contributed by atoms with Gasteiger partial charge in [0.15, 0.2) is 0 Å². The number of carbonyl (C=O) groups is 1. The van der Waals surface area contributed by atoms with E-state index in [1.807, 2.05) is 18.2 Å². The van der Waals surface area contributed by atoms with Crippen LogP contribution in [0.5, 0.6) is 0 Å². The zero-order valence-corrected chi connectivity index (χ0v) is 17.8. The van der Waals surface area contributed by atoms with Crippen LogP contribution in [0, 0.1) is 0 Å². The minimum absolute atomic E-state index is 0.281. The molecule has 0 bridgehead atoms. The van der Waals surface area contributed by atoms with Crippen molar-refractivity contribution in [3.63, 3.8) is 0 Å². The molecule has 5 rings (SSSR count). The van der Waals surface area contributed by atoms with E-state index < -0.39 is 5.91 Å². The van der Waals surface area contributed by atoms with Crippen LogP contribution in [0.25, 0.3) is 32.7 Å². The van der Waals surface area contributed by atoms with Gasteiger partial charge in [0.1, 0.15) is 10.7 Å². The number of rotatable bonds is 5. The molecule has 31 heavy (non-hydrogen) atoms. The number of hydrogen-bond donors (Lipinski definition) is 1. The Morgan fingerprint density at radius 2 is 1.90 bits per heavy atom. The molecule has 2 aromatic heterocycles. The molecule has 0 spiro atoms. The largest absolute Gasteiger partial charge is 0.379 e. The van der Waals surface area contributed by atoms with Crippen molar-refractivity contribution in [1.82, 2.24) is 14.9 Å². The Kier molecular flexibility index (Phi) is 5.46. The third-order valence-corrected chi connectivity index (χ3v) is 6.32. The summed E-state index contributed by atoms with van der Waals surface area (Å²) in [4.78, 5) is 23.3. The van der Waals surface area contributed by atoms with Crippen molar-refractivity contribution >= 4 is 28.1 Å². The van der Waals surface area contributed by atoms with Crippen molar-refractivity contribution in [1.29, 1.82) is 0 Å². The first kappa shape index (κ1) is 19.8. The zero-order chi connectivity index (χ0) is 21.2. The lowest BCUT2D eigenvalue weighted by atomic mass is 10.0. The van der Waals surface area contributed by atoms with Crippen LogP contribution in [0.1, 0.15) is 16.1 Å². The van der Waals surface area contributed by atoms with Crippen molar-refractivity contribution in [2.24, 2.45) is 5.73 Å². The fourth-order valence-corrected chi connectivity index (χ4v) is 4.67. The van der Waals surface area contributed by atoms with Crippen LogP contribution in [0.3, 0.4) is 0 Å². The zero-order valence-electron chi connectivity index (χ0n) is 17.0. The van der Waals surface area contributed by atoms with Crippen LogP contribution in [0.2, 0.25) is 0 Å². The third kappa shape index (κ3) is 4.20. The van der Waals surface area contributed by atoms with Gasteiger partial charge in [-0.1, -0.05) is 36.4 Å². The number of primary amides is 1. The highest BCUT2D eigenvalue weighted by Gasteiger charge is 2.14. The minimum Gasteiger partial charge on any atom is -0.379 e. The summed E-state index contributed by atoms with van der Waals surface area (Å²) >= 11 is 1.40. The molecule has 0 radical (unpaired) electrons. The minimum atomic E-state index is -0.520. The molecular formula is C24H22N4O2S. The number of thiazole rings is 1. The summed E-state index contributed by atoms with van der Waals surface area (Å²) in [5.41, 5.74) is 10.7. The van der Waals surface area contributed by atoms with E-state index in [9.17, 15) is 4.79 Å². The topological polar surface area (TPSA) is 81.3 Å². The quantitative estimate of drug-likeness (QED) is 0.518. The van der Waals surface area contributed by atoms with E-state index in [0.717, 1.165) is 65.6 Å². The maximum Gasteiger partial charge on any atom is 0.268 e. The van der Waals surface area contributed by atoms with E-state index in [1.54, 1.807) is 5.38 Å². The van der Waals surface area contributed by atoms with Gasteiger partial charge < -0.3 is 10.5 Å². The number of pyridine rings is 1. The molecule has 0 unspecified atom stereocenters. The lowest BCUT2D eigenvalue weighted by Crippen LogP contribution is -2.35. The summed E-state index contributed by atoms with van der Waals surface area (Å²) in [6.45, 7) is 4.42. The lowest BCUT2D eigenvalue weighted by molar-refractivity contribution is 0.0342. The molecule has 0 saturated carbocycles. The first-order chi connectivity index (χ1) is 15.2. The molecule has 1 fully saturated rings. The Balaban J connectivity index is 1.51. The van der Waals surface area contributed by atoms with E-state index in [1.165, 1.54) is 16.9 Å². The van der Waals surface area contributed by atoms with Crippen molar-refractivity contribution in [2.75, 3.05) is 26.3 Å². The van der Waals surface area contributed by atoms with Crippen molar-refractivity contribution in [3.05, 3.63) is 71.2 Å². The fourth-order valence-electron chi connectivity index (χ4n) is 3.84. The van der Waals surface area contributed by atoms with Crippen molar-refractivity contribution < 1.29 is 9.53 Å². The summed E-state index contributed by atoms with van der Waals surface area (Å²) in [7, 11) is 0. The molecule has 3 heterocycles. The number of morpholine rings is 1. The van der Waals surface area contributed by atoms with Gasteiger partial charge in [-0.3, -0.25) is 9.69 Å². The van der Waals surface area contributed by atoms with Crippen molar-refractivity contribution in [3.8, 4) is 21.8 Å². The Bertz CT molecular complexity index is 1250. The second kappa shape index (κ2) is 8.55. The highest BCUT2D eigenvalue weighted by Crippen LogP contribution is 2.32. The summed E-state index contributed by atoms with van der Waals surface area (Å²) in [6.07, 6.45) is 0. The summed E-state index contributed by atoms with van der Waals surface area (Å²) in [5.74, 6) is -0.520. The monoisotopic (exact) mass is 430 g/mol. The van der Waals surface area contributed by atoms with Gasteiger partial charge in [-0.05, 0) is 23.8 Å². The molecule has 156 valence electrons. The first-order valence-electron chi connectivity index (χ1n) is 10.2. The molecule has 0 aliphatic carbocycles. The SMILES string of the molecule is NC(=O)c1csc(-c2cccc3ccc(-c4cccc(CN5CCOCC5)c4)nc23)n1. The number of nitrogens with zero attached hydrogens (tertiary/aromatic N) is 3. The van der Waals surface area contributed by atoms with Crippen molar-refractivity contribution in [2.45, 2.75) is 6.54 Å². The predicted molar refractivity (Wildman–Crippen MR) is 123 cm³/mol. The van der Waals surface area contributed by atoms with Crippen LogP contribution in [0.15, 0.2) is 60.0 Å². The van der Waals surface area contributed by atoms with E-state index >= 15 is 0 Å². The van der Waals surface area contributed by atoms with E-state index in [4.69, 9.17) is 15.5 Å². The highest BCUT2D eigenvalue weighted by atomic mass is 32.1. The maximum absolute atomic E-state index is 11.5. The molecule has 2 aromatic carbocycles. The lowest BCUT2D eigenvalue weighted by Gasteiger charge is -2.26. The number of benzene rings is 2. The molecule has 6 nitrogen and oxygen atoms in total. The molecule has 1 aliphatic rings. The Morgan fingerprint density at radius 1 is 1.06 bits per heavy atom. The molecule has 7 heteroatoms. The van der Waals surface area contributed by atoms with Gasteiger partial charge in [-0.15, -0.1) is 11.3 Å². The number of aromatic nitrogens is 2. The number of ether oxygens (including phenoxy) is 1. The second-order valence-electron chi connectivity index (χ2n) is 7.56. The molecule has 2 N–H and O–H groups in total. The van der Waals surface area contributed by atoms with Crippen LogP contribution in [-0.2, 0) is 11.3 Å². The molecule has 4 aromatic rings. The predicted octanol–water partition coefficient (Wildman–Crippen LogP) is 3.96. The summed E-state index contributed by atoms with van der Waals surface area (Å²) < 4.78 is 5.45. The van der Waals surface area contributed by atoms with Gasteiger partial charge in [0, 0.05) is 41.5 Å². The smallest absolute Gasteiger partial charge is 0.268 e. The van der Waals surface area contributed by atoms with Gasteiger partial charge in [0.05, 0.1) is 24.4 Å². The van der Waals surface area contributed by atoms with Crippen LogP contribution < -0.4 is 5.73 Å². The Labute approximate surface area is 184 Å². The average Bonchev–Trinajstić information content (AvgIpc) is 3.30. The normalized spacial score (nSPS) is 14.7. The first-order valence-corrected chi connectivity index (χ1v) is 11.1. The van der Waals surface area contributed by atoms with Gasteiger partial charge in [-0.2, -0.15) is 0 Å². The number of hydrogen-bond acceptors (Lipinski definition) is 6. The van der Waals surface area contributed by atoms with Gasteiger partial charge in [0.2, 0.25) is 0 Å². The number of fused-ring (bicyclic) bond motifs is 1. The second-order valence-corrected chi connectivity index (χ2v) is 8.42. The Morgan fingerprint density at radius 3 is 2.71 bits per heavy atom. The molecular weight excluding hydrogens is 408 g/mol.